The minimum absolute atomic E-state index is 0.248. The Morgan fingerprint density at radius 2 is 1.93 bits per heavy atom. The molecule has 0 aromatic carbocycles. The number of fused-ring (bicyclic) bond motifs is 1. The Bertz CT molecular complexity index is 429. The molecule has 0 fully saturated rings. The zero-order valence-corrected chi connectivity index (χ0v) is 7.04. The van der Waals surface area contributed by atoms with Crippen LogP contribution < -0.4 is 0 Å². The number of nitrogens with zero attached hydrogens (tertiary/aromatic N) is 1. The summed E-state index contributed by atoms with van der Waals surface area (Å²) in [5.74, 6) is -2.75. The fraction of sp³-hybridized carbons (Fsp3) is 0.111. The summed E-state index contributed by atoms with van der Waals surface area (Å²) in [4.78, 5) is 22.0. The highest BCUT2D eigenvalue weighted by atomic mass is 16.4. The third-order valence-electron chi connectivity index (χ3n) is 2.34. The predicted molar refractivity (Wildman–Crippen MR) is 46.7 cm³/mol. The smallest absolute Gasteiger partial charge is 0.331 e. The number of carboxylic acids is 2. The highest BCUT2D eigenvalue weighted by Gasteiger charge is 2.50. The molecule has 0 atom stereocenters. The van der Waals surface area contributed by atoms with Crippen LogP contribution in [0.25, 0.3) is 6.20 Å². The molecule has 72 valence electrons. The van der Waals surface area contributed by atoms with Gasteiger partial charge in [0, 0.05) is 12.4 Å². The van der Waals surface area contributed by atoms with Crippen LogP contribution in [0.1, 0.15) is 5.69 Å². The number of carbonyl (C=O) groups is 2. The molecule has 0 radical (unpaired) electrons. The van der Waals surface area contributed by atoms with Gasteiger partial charge < -0.3 is 14.8 Å². The molecule has 5 nitrogen and oxygen atoms in total. The average Bonchev–Trinajstić information content (AvgIpc) is 2.60. The Kier molecular flexibility index (Phi) is 1.51. The van der Waals surface area contributed by atoms with E-state index in [0.29, 0.717) is 0 Å². The summed E-state index contributed by atoms with van der Waals surface area (Å²) in [5.41, 5.74) is -1.68. The van der Waals surface area contributed by atoms with Crippen molar-refractivity contribution in [1.29, 1.82) is 0 Å². The number of hydrogen-bond acceptors (Lipinski definition) is 2. The van der Waals surface area contributed by atoms with E-state index in [9.17, 15) is 9.59 Å². The van der Waals surface area contributed by atoms with Crippen molar-refractivity contribution in [3.05, 3.63) is 30.1 Å². The highest BCUT2D eigenvalue weighted by molar-refractivity contribution is 6.08. The van der Waals surface area contributed by atoms with Gasteiger partial charge in [-0.1, -0.05) is 0 Å². The lowest BCUT2D eigenvalue weighted by Gasteiger charge is -2.16. The first-order chi connectivity index (χ1) is 6.59. The molecule has 2 N–H and O–H groups in total. The van der Waals surface area contributed by atoms with Gasteiger partial charge >= 0.3 is 11.9 Å². The summed E-state index contributed by atoms with van der Waals surface area (Å²) in [7, 11) is 0. The summed E-state index contributed by atoms with van der Waals surface area (Å²) < 4.78 is 1.49. The second-order valence-corrected chi connectivity index (χ2v) is 3.03. The summed E-state index contributed by atoms with van der Waals surface area (Å²) in [5, 5.41) is 17.9. The number of carboxylic acid groups (broad SMARTS) is 2. The van der Waals surface area contributed by atoms with Crippen LogP contribution in [0.5, 0.6) is 0 Å². The van der Waals surface area contributed by atoms with Gasteiger partial charge in [0.2, 0.25) is 5.41 Å². The van der Waals surface area contributed by atoms with E-state index < -0.39 is 17.4 Å². The largest absolute Gasteiger partial charge is 0.480 e. The number of rotatable bonds is 2. The van der Waals surface area contributed by atoms with Crippen LogP contribution in [0.15, 0.2) is 24.4 Å². The number of aliphatic carboxylic acids is 2. The summed E-state index contributed by atoms with van der Waals surface area (Å²) in [6.45, 7) is 0. The van der Waals surface area contributed by atoms with Gasteiger partial charge in [0.05, 0.1) is 5.69 Å². The van der Waals surface area contributed by atoms with Gasteiger partial charge in [0.25, 0.3) is 0 Å². The molecule has 0 saturated carbocycles. The van der Waals surface area contributed by atoms with Gasteiger partial charge in [-0.15, -0.1) is 0 Å². The molecule has 1 aromatic rings. The van der Waals surface area contributed by atoms with Crippen molar-refractivity contribution >= 4 is 18.1 Å². The van der Waals surface area contributed by atoms with E-state index in [0.717, 1.165) is 0 Å². The van der Waals surface area contributed by atoms with Crippen LogP contribution >= 0.6 is 0 Å². The molecule has 14 heavy (non-hydrogen) atoms. The summed E-state index contributed by atoms with van der Waals surface area (Å²) in [6.07, 6.45) is 4.23. The van der Waals surface area contributed by atoms with Gasteiger partial charge in [0.1, 0.15) is 0 Å². The lowest BCUT2D eigenvalue weighted by atomic mass is 9.86. The van der Waals surface area contributed by atoms with Crippen molar-refractivity contribution in [2.24, 2.45) is 0 Å². The molecular formula is C9H7NO4. The molecular weight excluding hydrogens is 186 g/mol. The van der Waals surface area contributed by atoms with Crippen LogP contribution in [-0.2, 0) is 15.0 Å². The zero-order valence-electron chi connectivity index (χ0n) is 7.04. The molecule has 0 saturated heterocycles. The highest BCUT2D eigenvalue weighted by Crippen LogP contribution is 2.32. The van der Waals surface area contributed by atoms with Gasteiger partial charge in [-0.3, -0.25) is 9.59 Å². The van der Waals surface area contributed by atoms with E-state index in [-0.39, 0.29) is 5.69 Å². The second-order valence-electron chi connectivity index (χ2n) is 3.03. The van der Waals surface area contributed by atoms with Crippen molar-refractivity contribution in [3.63, 3.8) is 0 Å². The van der Waals surface area contributed by atoms with E-state index in [1.807, 2.05) is 0 Å². The van der Waals surface area contributed by atoms with E-state index in [1.165, 1.54) is 22.9 Å². The standard InChI is InChI=1S/C9H7NO4/c11-7(12)9(8(13)14)3-5-10-4-1-2-6(9)10/h1-5H,(H,11,12)(H,13,14). The molecule has 0 unspecified atom stereocenters. The van der Waals surface area contributed by atoms with Gasteiger partial charge in [-0.2, -0.15) is 0 Å². The van der Waals surface area contributed by atoms with E-state index in [2.05, 4.69) is 0 Å². The maximum atomic E-state index is 11.0. The first-order valence-corrected chi connectivity index (χ1v) is 3.92. The minimum Gasteiger partial charge on any atom is -0.480 e. The summed E-state index contributed by atoms with van der Waals surface area (Å²) in [6, 6.07) is 3.10. The second kappa shape index (κ2) is 2.47. The maximum absolute atomic E-state index is 11.0. The van der Waals surface area contributed by atoms with Crippen LogP contribution in [0.2, 0.25) is 0 Å². The topological polar surface area (TPSA) is 79.5 Å². The Hall–Kier alpha value is -2.04. The number of aromatic nitrogens is 1. The van der Waals surface area contributed by atoms with Gasteiger partial charge in [0.15, 0.2) is 0 Å². The quantitative estimate of drug-likeness (QED) is 0.665. The molecule has 0 amide bonds. The van der Waals surface area contributed by atoms with Gasteiger partial charge in [-0.05, 0) is 18.2 Å². The fourth-order valence-electron chi connectivity index (χ4n) is 1.59. The van der Waals surface area contributed by atoms with Crippen LogP contribution in [0.3, 0.4) is 0 Å². The normalized spacial score (nSPS) is 16.6. The molecule has 1 aliphatic heterocycles. The molecule has 5 heteroatoms. The van der Waals surface area contributed by atoms with Crippen molar-refractivity contribution in [2.45, 2.75) is 5.41 Å². The Balaban J connectivity index is 2.68. The van der Waals surface area contributed by atoms with Gasteiger partial charge in [-0.25, -0.2) is 0 Å². The lowest BCUT2D eigenvalue weighted by molar-refractivity contribution is -0.154. The Morgan fingerprint density at radius 3 is 2.50 bits per heavy atom. The monoisotopic (exact) mass is 193 g/mol. The summed E-state index contributed by atoms with van der Waals surface area (Å²) >= 11 is 0. The average molecular weight is 193 g/mol. The number of hydrogen-bond donors (Lipinski definition) is 2. The van der Waals surface area contributed by atoms with E-state index in [4.69, 9.17) is 10.2 Å². The first-order valence-electron chi connectivity index (χ1n) is 3.92. The van der Waals surface area contributed by atoms with Crippen molar-refractivity contribution in [2.75, 3.05) is 0 Å². The van der Waals surface area contributed by atoms with E-state index >= 15 is 0 Å². The Labute approximate surface area is 78.9 Å². The fourth-order valence-corrected chi connectivity index (χ4v) is 1.59. The Morgan fingerprint density at radius 1 is 1.29 bits per heavy atom. The lowest BCUT2D eigenvalue weighted by Crippen LogP contribution is -2.41. The van der Waals surface area contributed by atoms with Crippen molar-refractivity contribution in [1.82, 2.24) is 4.57 Å². The molecule has 2 heterocycles. The maximum Gasteiger partial charge on any atom is 0.331 e. The minimum atomic E-state index is -1.93. The third-order valence-corrected chi connectivity index (χ3v) is 2.34. The van der Waals surface area contributed by atoms with Crippen molar-refractivity contribution < 1.29 is 19.8 Å². The predicted octanol–water partition coefficient (Wildman–Crippen LogP) is 0.379. The molecule has 1 aromatic heterocycles. The third kappa shape index (κ3) is 0.783. The molecule has 1 aliphatic rings. The molecule has 2 rings (SSSR count). The van der Waals surface area contributed by atoms with Crippen molar-refractivity contribution in [3.8, 4) is 0 Å². The molecule has 0 bridgehead atoms. The van der Waals surface area contributed by atoms with Crippen LogP contribution in [0, 0.1) is 0 Å². The van der Waals surface area contributed by atoms with Crippen LogP contribution in [-0.4, -0.2) is 26.7 Å². The van der Waals surface area contributed by atoms with E-state index in [1.54, 1.807) is 12.3 Å². The first kappa shape index (κ1) is 8.55. The molecule has 0 spiro atoms. The van der Waals surface area contributed by atoms with Crippen LogP contribution in [0.4, 0.5) is 0 Å². The SMILES string of the molecule is O=C(O)C1(C(=O)O)C=Cn2cccc21. The zero-order chi connectivity index (χ0) is 10.3. The molecule has 0 aliphatic carbocycles.